The first kappa shape index (κ1) is 12.1. The SMILES string of the molecule is S=c1[nH]c2ccc(Br)cc2n1C1CCN2CCCC12. The third-order valence-electron chi connectivity index (χ3n) is 4.58. The van der Waals surface area contributed by atoms with Gasteiger partial charge >= 0.3 is 0 Å². The van der Waals surface area contributed by atoms with Gasteiger partial charge in [0.2, 0.25) is 0 Å². The zero-order valence-electron chi connectivity index (χ0n) is 10.6. The van der Waals surface area contributed by atoms with Gasteiger partial charge < -0.3 is 9.55 Å². The fourth-order valence-electron chi connectivity index (χ4n) is 3.78. The van der Waals surface area contributed by atoms with Crippen LogP contribution in [-0.2, 0) is 0 Å². The molecular weight excluding hydrogens is 322 g/mol. The lowest BCUT2D eigenvalue weighted by atomic mass is 10.1. The van der Waals surface area contributed by atoms with Crippen molar-refractivity contribution in [3.63, 3.8) is 0 Å². The van der Waals surface area contributed by atoms with Crippen molar-refractivity contribution in [2.45, 2.75) is 31.3 Å². The van der Waals surface area contributed by atoms with Crippen LogP contribution in [-0.4, -0.2) is 33.6 Å². The third-order valence-corrected chi connectivity index (χ3v) is 5.37. The molecule has 1 N–H and O–H groups in total. The van der Waals surface area contributed by atoms with Crippen molar-refractivity contribution in [2.24, 2.45) is 0 Å². The van der Waals surface area contributed by atoms with Crippen molar-refractivity contribution in [3.05, 3.63) is 27.4 Å². The summed E-state index contributed by atoms with van der Waals surface area (Å²) in [5, 5.41) is 0. The Balaban J connectivity index is 1.88. The maximum absolute atomic E-state index is 5.57. The van der Waals surface area contributed by atoms with Crippen LogP contribution in [0.3, 0.4) is 0 Å². The highest BCUT2D eigenvalue weighted by molar-refractivity contribution is 9.10. The average Bonchev–Trinajstić information content (AvgIpc) is 3.03. The Morgan fingerprint density at radius 2 is 2.11 bits per heavy atom. The second-order valence-electron chi connectivity index (χ2n) is 5.56. The molecule has 2 unspecified atom stereocenters. The van der Waals surface area contributed by atoms with E-state index in [4.69, 9.17) is 12.2 Å². The van der Waals surface area contributed by atoms with E-state index in [2.05, 4.69) is 48.6 Å². The van der Waals surface area contributed by atoms with E-state index in [9.17, 15) is 0 Å². The monoisotopic (exact) mass is 337 g/mol. The number of hydrogen-bond donors (Lipinski definition) is 1. The number of rotatable bonds is 1. The summed E-state index contributed by atoms with van der Waals surface area (Å²) in [6.45, 7) is 2.48. The standard InChI is InChI=1S/C14H16BrN3S/c15-9-3-4-10-13(8-9)18(14(19)16-10)12-5-7-17-6-1-2-11(12)17/h3-4,8,11-12H,1-2,5-7H2,(H,16,19). The minimum Gasteiger partial charge on any atom is -0.331 e. The van der Waals surface area contributed by atoms with Crippen molar-refractivity contribution in [3.8, 4) is 0 Å². The third kappa shape index (κ3) is 1.82. The Bertz CT molecular complexity index is 690. The van der Waals surface area contributed by atoms with Gasteiger partial charge in [0, 0.05) is 17.1 Å². The van der Waals surface area contributed by atoms with Gasteiger partial charge in [-0.1, -0.05) is 15.9 Å². The molecule has 2 atom stereocenters. The fourth-order valence-corrected chi connectivity index (χ4v) is 4.47. The molecule has 0 bridgehead atoms. The Kier molecular flexibility index (Phi) is 2.83. The Labute approximate surface area is 125 Å². The molecule has 3 nitrogen and oxygen atoms in total. The number of imidazole rings is 1. The molecule has 4 rings (SSSR count). The minimum absolute atomic E-state index is 0.540. The molecule has 0 amide bonds. The summed E-state index contributed by atoms with van der Waals surface area (Å²) >= 11 is 9.14. The van der Waals surface area contributed by atoms with Crippen molar-refractivity contribution in [1.82, 2.24) is 14.5 Å². The number of hydrogen-bond acceptors (Lipinski definition) is 2. The first-order chi connectivity index (χ1) is 9.24. The van der Waals surface area contributed by atoms with Gasteiger partial charge in [0.25, 0.3) is 0 Å². The Morgan fingerprint density at radius 1 is 1.21 bits per heavy atom. The normalized spacial score (nSPS) is 27.2. The molecule has 3 heterocycles. The predicted octanol–water partition coefficient (Wildman–Crippen LogP) is 3.87. The smallest absolute Gasteiger partial charge is 0.178 e. The minimum atomic E-state index is 0.540. The van der Waals surface area contributed by atoms with Crippen molar-refractivity contribution >= 4 is 39.2 Å². The van der Waals surface area contributed by atoms with Gasteiger partial charge in [-0.2, -0.15) is 0 Å². The second kappa shape index (κ2) is 4.43. The van der Waals surface area contributed by atoms with Gasteiger partial charge in [0.05, 0.1) is 17.1 Å². The van der Waals surface area contributed by atoms with E-state index in [0.717, 1.165) is 14.8 Å². The van der Waals surface area contributed by atoms with Gasteiger partial charge in [-0.3, -0.25) is 4.90 Å². The summed E-state index contributed by atoms with van der Waals surface area (Å²) in [7, 11) is 0. The molecular formula is C14H16BrN3S. The summed E-state index contributed by atoms with van der Waals surface area (Å²) in [6, 6.07) is 7.57. The summed E-state index contributed by atoms with van der Waals surface area (Å²) in [6.07, 6.45) is 3.87. The lowest BCUT2D eigenvalue weighted by molar-refractivity contribution is 0.291. The van der Waals surface area contributed by atoms with Gasteiger partial charge in [-0.15, -0.1) is 0 Å². The number of nitrogens with zero attached hydrogens (tertiary/aromatic N) is 2. The van der Waals surface area contributed by atoms with E-state index in [0.29, 0.717) is 12.1 Å². The average molecular weight is 338 g/mol. The van der Waals surface area contributed by atoms with E-state index in [1.165, 1.54) is 37.9 Å². The maximum atomic E-state index is 5.57. The molecule has 0 spiro atoms. The first-order valence-electron chi connectivity index (χ1n) is 6.88. The lowest BCUT2D eigenvalue weighted by Gasteiger charge is -2.22. The second-order valence-corrected chi connectivity index (χ2v) is 6.87. The zero-order chi connectivity index (χ0) is 13.0. The van der Waals surface area contributed by atoms with Crippen LogP contribution in [0.2, 0.25) is 0 Å². The number of aromatic amines is 1. The highest BCUT2D eigenvalue weighted by Crippen LogP contribution is 2.38. The molecule has 2 saturated heterocycles. The van der Waals surface area contributed by atoms with Crippen molar-refractivity contribution in [1.29, 1.82) is 0 Å². The van der Waals surface area contributed by atoms with Gasteiger partial charge in [0.1, 0.15) is 0 Å². The highest BCUT2D eigenvalue weighted by Gasteiger charge is 2.38. The lowest BCUT2D eigenvalue weighted by Crippen LogP contribution is -2.27. The van der Waals surface area contributed by atoms with Crippen LogP contribution in [0.1, 0.15) is 25.3 Å². The quantitative estimate of drug-likeness (QED) is 0.798. The van der Waals surface area contributed by atoms with Crippen LogP contribution in [0.5, 0.6) is 0 Å². The van der Waals surface area contributed by atoms with Gasteiger partial charge in [-0.25, -0.2) is 0 Å². The zero-order valence-corrected chi connectivity index (χ0v) is 13.0. The van der Waals surface area contributed by atoms with Crippen LogP contribution >= 0.6 is 28.1 Å². The molecule has 1 aromatic heterocycles. The number of aromatic nitrogens is 2. The van der Waals surface area contributed by atoms with Crippen LogP contribution < -0.4 is 0 Å². The molecule has 0 saturated carbocycles. The molecule has 5 heteroatoms. The molecule has 0 radical (unpaired) electrons. The summed E-state index contributed by atoms with van der Waals surface area (Å²) in [4.78, 5) is 5.98. The van der Waals surface area contributed by atoms with E-state index in [-0.39, 0.29) is 0 Å². The fraction of sp³-hybridized carbons (Fsp3) is 0.500. The Morgan fingerprint density at radius 3 is 3.00 bits per heavy atom. The van der Waals surface area contributed by atoms with Crippen molar-refractivity contribution in [2.75, 3.05) is 13.1 Å². The van der Waals surface area contributed by atoms with E-state index >= 15 is 0 Å². The van der Waals surface area contributed by atoms with E-state index in [1.807, 2.05) is 0 Å². The number of H-pyrrole nitrogens is 1. The number of benzene rings is 1. The van der Waals surface area contributed by atoms with Crippen LogP contribution in [0.15, 0.2) is 22.7 Å². The Hall–Kier alpha value is -0.650. The molecule has 19 heavy (non-hydrogen) atoms. The largest absolute Gasteiger partial charge is 0.331 e. The van der Waals surface area contributed by atoms with Crippen molar-refractivity contribution < 1.29 is 0 Å². The van der Waals surface area contributed by atoms with Gasteiger partial charge in [-0.05, 0) is 56.2 Å². The molecule has 0 aliphatic carbocycles. The molecule has 2 aliphatic heterocycles. The topological polar surface area (TPSA) is 24.0 Å². The van der Waals surface area contributed by atoms with E-state index < -0.39 is 0 Å². The molecule has 2 aliphatic rings. The summed E-state index contributed by atoms with van der Waals surface area (Å²) < 4.78 is 4.33. The molecule has 2 fully saturated rings. The number of nitrogens with one attached hydrogen (secondary N) is 1. The first-order valence-corrected chi connectivity index (χ1v) is 8.08. The van der Waals surface area contributed by atoms with E-state index in [1.54, 1.807) is 0 Å². The summed E-state index contributed by atoms with van der Waals surface area (Å²) in [5.74, 6) is 0. The maximum Gasteiger partial charge on any atom is 0.178 e. The number of fused-ring (bicyclic) bond motifs is 2. The number of halogens is 1. The van der Waals surface area contributed by atoms with Crippen LogP contribution in [0, 0.1) is 4.77 Å². The van der Waals surface area contributed by atoms with Gasteiger partial charge in [0.15, 0.2) is 4.77 Å². The highest BCUT2D eigenvalue weighted by atomic mass is 79.9. The summed E-state index contributed by atoms with van der Waals surface area (Å²) in [5.41, 5.74) is 2.38. The van der Waals surface area contributed by atoms with Crippen LogP contribution in [0.25, 0.3) is 11.0 Å². The van der Waals surface area contributed by atoms with Crippen LogP contribution in [0.4, 0.5) is 0 Å². The molecule has 1 aromatic carbocycles. The predicted molar refractivity (Wildman–Crippen MR) is 83.1 cm³/mol. The molecule has 100 valence electrons. The molecule has 2 aromatic rings.